The van der Waals surface area contributed by atoms with Gasteiger partial charge in [0.2, 0.25) is 10.0 Å². The van der Waals surface area contributed by atoms with Crippen LogP contribution in [0.1, 0.15) is 29.9 Å². The number of thiophene rings is 1. The molecule has 1 aromatic carbocycles. The zero-order valence-corrected chi connectivity index (χ0v) is 20.5. The number of nitrogens with zero attached hydrogens (tertiary/aromatic N) is 4. The van der Waals surface area contributed by atoms with Crippen LogP contribution in [0.25, 0.3) is 21.6 Å². The highest BCUT2D eigenvalue weighted by Gasteiger charge is 2.22. The molecule has 0 bridgehead atoms. The van der Waals surface area contributed by atoms with E-state index in [2.05, 4.69) is 10.4 Å². The highest BCUT2D eigenvalue weighted by Crippen LogP contribution is 2.30. The number of amides is 1. The van der Waals surface area contributed by atoms with Gasteiger partial charge in [-0.15, -0.1) is 11.3 Å². The minimum absolute atomic E-state index is 0.193. The maximum atomic E-state index is 13.3. The van der Waals surface area contributed by atoms with Crippen molar-refractivity contribution in [2.75, 3.05) is 18.4 Å². The number of fused-ring (bicyclic) bond motifs is 1. The fraction of sp³-hybridized carbons (Fsp3) is 0.261. The van der Waals surface area contributed by atoms with E-state index in [0.717, 1.165) is 4.88 Å². The number of aromatic nitrogens is 3. The lowest BCUT2D eigenvalue weighted by molar-refractivity contribution is 0.102. The van der Waals surface area contributed by atoms with Crippen LogP contribution in [-0.4, -0.2) is 46.5 Å². The number of nitrogens with one attached hydrogen (secondary N) is 1. The number of carbonyl (C=O) groups excluding carboxylic acids is 1. The van der Waals surface area contributed by atoms with E-state index in [4.69, 9.17) is 4.98 Å². The van der Waals surface area contributed by atoms with Crippen LogP contribution in [0.3, 0.4) is 0 Å². The lowest BCUT2D eigenvalue weighted by atomic mass is 10.1. The van der Waals surface area contributed by atoms with Gasteiger partial charge < -0.3 is 5.32 Å². The molecule has 0 radical (unpaired) electrons. The smallest absolute Gasteiger partial charge is 0.256 e. The number of anilines is 1. The molecule has 33 heavy (non-hydrogen) atoms. The average molecular weight is 484 g/mol. The number of hydrogen-bond donors (Lipinski definition) is 1. The van der Waals surface area contributed by atoms with Crippen molar-refractivity contribution >= 4 is 44.0 Å². The summed E-state index contributed by atoms with van der Waals surface area (Å²) in [4.78, 5) is 19.2. The van der Waals surface area contributed by atoms with Crippen LogP contribution in [0.2, 0.25) is 0 Å². The molecule has 0 atom stereocenters. The Kier molecular flexibility index (Phi) is 6.33. The highest BCUT2D eigenvalue weighted by molar-refractivity contribution is 7.89. The topological polar surface area (TPSA) is 97.2 Å². The van der Waals surface area contributed by atoms with Crippen LogP contribution in [0.15, 0.2) is 52.7 Å². The van der Waals surface area contributed by atoms with Gasteiger partial charge in [-0.05, 0) is 48.7 Å². The van der Waals surface area contributed by atoms with Crippen LogP contribution < -0.4 is 5.32 Å². The summed E-state index contributed by atoms with van der Waals surface area (Å²) in [5, 5.41) is 9.98. The van der Waals surface area contributed by atoms with Crippen molar-refractivity contribution in [2.24, 2.45) is 7.05 Å². The molecule has 1 amide bonds. The second-order valence-electron chi connectivity index (χ2n) is 7.51. The molecule has 0 unspecified atom stereocenters. The zero-order valence-electron chi connectivity index (χ0n) is 18.9. The highest BCUT2D eigenvalue weighted by atomic mass is 32.2. The molecule has 4 aromatic rings. The van der Waals surface area contributed by atoms with Crippen LogP contribution in [0.4, 0.5) is 5.69 Å². The largest absolute Gasteiger partial charge is 0.322 e. The van der Waals surface area contributed by atoms with Crippen molar-refractivity contribution < 1.29 is 13.2 Å². The Hall–Kier alpha value is -3.08. The number of benzene rings is 1. The SMILES string of the molecule is CCN(CC)S(=O)(=O)c1ccc(NC(=O)c2cc(-c3cccs3)nc3c2c(C)nn3C)cc1. The molecule has 3 aromatic heterocycles. The van der Waals surface area contributed by atoms with Crippen molar-refractivity contribution in [3.63, 3.8) is 0 Å². The van der Waals surface area contributed by atoms with Crippen LogP contribution in [-0.2, 0) is 17.1 Å². The lowest BCUT2D eigenvalue weighted by Gasteiger charge is -2.18. The Labute approximate surface area is 196 Å². The van der Waals surface area contributed by atoms with Gasteiger partial charge in [-0.2, -0.15) is 9.40 Å². The van der Waals surface area contributed by atoms with Gasteiger partial charge in [-0.25, -0.2) is 13.4 Å². The number of rotatable bonds is 7. The van der Waals surface area contributed by atoms with E-state index < -0.39 is 10.0 Å². The number of aryl methyl sites for hydroxylation is 2. The van der Waals surface area contributed by atoms with Gasteiger partial charge in [-0.1, -0.05) is 19.9 Å². The summed E-state index contributed by atoms with van der Waals surface area (Å²) in [7, 11) is -1.76. The van der Waals surface area contributed by atoms with Crippen molar-refractivity contribution in [2.45, 2.75) is 25.7 Å². The quantitative estimate of drug-likeness (QED) is 0.423. The molecular weight excluding hydrogens is 458 g/mol. The molecular formula is C23H25N5O3S2. The summed E-state index contributed by atoms with van der Waals surface area (Å²) >= 11 is 1.55. The van der Waals surface area contributed by atoms with Crippen LogP contribution in [0.5, 0.6) is 0 Å². The minimum atomic E-state index is -3.56. The maximum absolute atomic E-state index is 13.3. The lowest BCUT2D eigenvalue weighted by Crippen LogP contribution is -2.30. The minimum Gasteiger partial charge on any atom is -0.322 e. The van der Waals surface area contributed by atoms with Gasteiger partial charge in [0, 0.05) is 25.8 Å². The van der Waals surface area contributed by atoms with Crippen molar-refractivity contribution in [3.8, 4) is 10.6 Å². The molecule has 0 saturated heterocycles. The van der Waals surface area contributed by atoms with Crippen LogP contribution >= 0.6 is 11.3 Å². The summed E-state index contributed by atoms with van der Waals surface area (Å²) < 4.78 is 28.5. The predicted octanol–water partition coefficient (Wildman–Crippen LogP) is 4.29. The molecule has 3 heterocycles. The third-order valence-electron chi connectivity index (χ3n) is 5.44. The Morgan fingerprint density at radius 1 is 1.15 bits per heavy atom. The van der Waals surface area contributed by atoms with Gasteiger partial charge in [0.1, 0.15) is 0 Å². The number of pyridine rings is 1. The summed E-state index contributed by atoms with van der Waals surface area (Å²) in [6.07, 6.45) is 0. The fourth-order valence-electron chi connectivity index (χ4n) is 3.80. The van der Waals surface area contributed by atoms with E-state index in [1.54, 1.807) is 55.1 Å². The molecule has 8 nitrogen and oxygen atoms in total. The molecule has 0 aliphatic rings. The molecule has 1 N–H and O–H groups in total. The summed E-state index contributed by atoms with van der Waals surface area (Å²) in [5.74, 6) is -0.310. The second kappa shape index (κ2) is 9.05. The number of hydrogen-bond acceptors (Lipinski definition) is 6. The number of carbonyl (C=O) groups is 1. The Morgan fingerprint density at radius 3 is 2.45 bits per heavy atom. The molecule has 4 rings (SSSR count). The standard InChI is InChI=1S/C23H25N5O3S2/c1-5-28(6-2)33(30,31)17-11-9-16(10-12-17)24-23(29)18-14-19(20-8-7-13-32-20)25-22-21(18)15(3)26-27(22)4/h7-14H,5-6H2,1-4H3,(H,24,29). The third kappa shape index (κ3) is 4.29. The molecule has 10 heteroatoms. The van der Waals surface area contributed by atoms with E-state index >= 15 is 0 Å². The van der Waals surface area contributed by atoms with Gasteiger partial charge in [0.15, 0.2) is 5.65 Å². The molecule has 172 valence electrons. The predicted molar refractivity (Wildman–Crippen MR) is 131 cm³/mol. The van der Waals surface area contributed by atoms with E-state index in [1.165, 1.54) is 16.4 Å². The Morgan fingerprint density at radius 2 is 1.85 bits per heavy atom. The summed E-state index contributed by atoms with van der Waals surface area (Å²) in [6, 6.07) is 11.9. The normalized spacial score (nSPS) is 11.9. The molecule has 0 aliphatic carbocycles. The zero-order chi connectivity index (χ0) is 23.8. The first-order valence-corrected chi connectivity index (χ1v) is 12.9. The fourth-order valence-corrected chi connectivity index (χ4v) is 5.94. The summed E-state index contributed by atoms with van der Waals surface area (Å²) in [6.45, 7) is 6.24. The van der Waals surface area contributed by atoms with Crippen molar-refractivity contribution in [1.29, 1.82) is 0 Å². The first-order chi connectivity index (χ1) is 15.8. The Bertz CT molecular complexity index is 1400. The van der Waals surface area contributed by atoms with E-state index in [-0.39, 0.29) is 10.8 Å². The molecule has 0 fully saturated rings. The van der Waals surface area contributed by atoms with E-state index in [1.807, 2.05) is 24.4 Å². The van der Waals surface area contributed by atoms with Crippen molar-refractivity contribution in [3.05, 3.63) is 59.1 Å². The average Bonchev–Trinajstić information content (AvgIpc) is 3.43. The number of sulfonamides is 1. The van der Waals surface area contributed by atoms with Gasteiger partial charge in [-0.3, -0.25) is 9.48 Å². The van der Waals surface area contributed by atoms with Crippen LogP contribution in [0, 0.1) is 6.92 Å². The Balaban J connectivity index is 1.68. The van der Waals surface area contributed by atoms with Gasteiger partial charge >= 0.3 is 0 Å². The van der Waals surface area contributed by atoms with E-state index in [9.17, 15) is 13.2 Å². The second-order valence-corrected chi connectivity index (χ2v) is 10.4. The molecule has 0 saturated carbocycles. The first kappa shape index (κ1) is 23.1. The molecule has 0 aliphatic heterocycles. The summed E-state index contributed by atoms with van der Waals surface area (Å²) in [5.41, 5.74) is 3.01. The first-order valence-electron chi connectivity index (χ1n) is 10.6. The van der Waals surface area contributed by atoms with Gasteiger partial charge in [0.05, 0.1) is 32.1 Å². The van der Waals surface area contributed by atoms with Crippen molar-refractivity contribution in [1.82, 2.24) is 19.1 Å². The van der Waals surface area contributed by atoms with E-state index in [0.29, 0.717) is 46.8 Å². The molecule has 0 spiro atoms. The van der Waals surface area contributed by atoms with Gasteiger partial charge in [0.25, 0.3) is 5.91 Å². The monoisotopic (exact) mass is 483 g/mol. The maximum Gasteiger partial charge on any atom is 0.256 e. The third-order valence-corrected chi connectivity index (χ3v) is 8.40.